The molecule has 5 rings (SSSR count). The van der Waals surface area contributed by atoms with Crippen LogP contribution < -0.4 is 5.32 Å². The Morgan fingerprint density at radius 3 is 2.92 bits per heavy atom. The second-order valence-corrected chi connectivity index (χ2v) is 7.92. The molecule has 3 heterocycles. The molecule has 2 aliphatic carbocycles. The SMILES string of the molecule is CC(Nc1nc(C2CC2)nc2sc3c(c12)CCCC3)c1ncn[nH]1. The zero-order chi connectivity index (χ0) is 16.1. The molecule has 0 saturated heterocycles. The van der Waals surface area contributed by atoms with E-state index in [-0.39, 0.29) is 6.04 Å². The highest BCUT2D eigenvalue weighted by Gasteiger charge is 2.30. The second kappa shape index (κ2) is 5.51. The van der Waals surface area contributed by atoms with Crippen LogP contribution in [-0.2, 0) is 12.8 Å². The first kappa shape index (κ1) is 14.3. The van der Waals surface area contributed by atoms with E-state index in [4.69, 9.17) is 9.97 Å². The van der Waals surface area contributed by atoms with E-state index in [0.29, 0.717) is 5.92 Å². The molecule has 0 spiro atoms. The molecular formula is C17H20N6S. The quantitative estimate of drug-likeness (QED) is 0.756. The van der Waals surface area contributed by atoms with Gasteiger partial charge in [0.05, 0.1) is 11.4 Å². The van der Waals surface area contributed by atoms with Crippen LogP contribution in [0.5, 0.6) is 0 Å². The van der Waals surface area contributed by atoms with Gasteiger partial charge in [-0.15, -0.1) is 11.3 Å². The number of H-pyrrole nitrogens is 1. The highest BCUT2D eigenvalue weighted by molar-refractivity contribution is 7.19. The largest absolute Gasteiger partial charge is 0.360 e. The van der Waals surface area contributed by atoms with Crippen molar-refractivity contribution < 1.29 is 0 Å². The third-order valence-electron chi connectivity index (χ3n) is 4.97. The summed E-state index contributed by atoms with van der Waals surface area (Å²) in [5.74, 6) is 3.37. The van der Waals surface area contributed by atoms with Crippen molar-refractivity contribution in [2.24, 2.45) is 0 Å². The lowest BCUT2D eigenvalue weighted by atomic mass is 9.97. The van der Waals surface area contributed by atoms with Gasteiger partial charge in [0.25, 0.3) is 0 Å². The van der Waals surface area contributed by atoms with Crippen molar-refractivity contribution in [2.75, 3.05) is 5.32 Å². The fourth-order valence-electron chi connectivity index (χ4n) is 3.50. The van der Waals surface area contributed by atoms with Gasteiger partial charge in [0, 0.05) is 10.8 Å². The fourth-order valence-corrected chi connectivity index (χ4v) is 4.77. The third-order valence-corrected chi connectivity index (χ3v) is 6.16. The van der Waals surface area contributed by atoms with Crippen LogP contribution in [0.2, 0.25) is 0 Å². The molecule has 3 aromatic heterocycles. The summed E-state index contributed by atoms with van der Waals surface area (Å²) in [6.07, 6.45) is 8.87. The van der Waals surface area contributed by atoms with Gasteiger partial charge < -0.3 is 5.32 Å². The number of aromatic nitrogens is 5. The molecule has 0 amide bonds. The average molecular weight is 340 g/mol. The molecule has 1 unspecified atom stereocenters. The Morgan fingerprint density at radius 1 is 1.25 bits per heavy atom. The van der Waals surface area contributed by atoms with Crippen molar-refractivity contribution in [3.63, 3.8) is 0 Å². The molecule has 0 radical (unpaired) electrons. The van der Waals surface area contributed by atoms with Gasteiger partial charge in [-0.1, -0.05) is 0 Å². The monoisotopic (exact) mass is 340 g/mol. The Morgan fingerprint density at radius 2 is 2.12 bits per heavy atom. The van der Waals surface area contributed by atoms with Crippen LogP contribution in [0.15, 0.2) is 6.33 Å². The van der Waals surface area contributed by atoms with Gasteiger partial charge in [-0.05, 0) is 51.0 Å². The molecule has 0 bridgehead atoms. The molecule has 2 aliphatic rings. The predicted molar refractivity (Wildman–Crippen MR) is 94.5 cm³/mol. The van der Waals surface area contributed by atoms with Gasteiger partial charge in [-0.25, -0.2) is 15.0 Å². The topological polar surface area (TPSA) is 79.4 Å². The summed E-state index contributed by atoms with van der Waals surface area (Å²) in [6, 6.07) is 0.0387. The second-order valence-electron chi connectivity index (χ2n) is 6.83. The lowest BCUT2D eigenvalue weighted by Crippen LogP contribution is -2.12. The van der Waals surface area contributed by atoms with Crippen molar-refractivity contribution in [1.29, 1.82) is 0 Å². The Labute approximate surface area is 144 Å². The maximum absolute atomic E-state index is 4.92. The van der Waals surface area contributed by atoms with Crippen LogP contribution in [0, 0.1) is 0 Å². The van der Waals surface area contributed by atoms with E-state index < -0.39 is 0 Å². The maximum atomic E-state index is 4.92. The average Bonchev–Trinajstić information content (AvgIpc) is 3.16. The molecular weight excluding hydrogens is 320 g/mol. The summed E-state index contributed by atoms with van der Waals surface area (Å²) in [4.78, 5) is 16.8. The molecule has 7 heteroatoms. The molecule has 6 nitrogen and oxygen atoms in total. The minimum absolute atomic E-state index is 0.0387. The molecule has 1 fully saturated rings. The number of fused-ring (bicyclic) bond motifs is 3. The van der Waals surface area contributed by atoms with E-state index in [1.807, 2.05) is 11.3 Å². The van der Waals surface area contributed by atoms with E-state index in [9.17, 15) is 0 Å². The van der Waals surface area contributed by atoms with Gasteiger partial charge in [-0.3, -0.25) is 5.10 Å². The number of nitrogens with zero attached hydrogens (tertiary/aromatic N) is 4. The minimum Gasteiger partial charge on any atom is -0.360 e. The number of hydrogen-bond acceptors (Lipinski definition) is 6. The van der Waals surface area contributed by atoms with E-state index in [1.54, 1.807) is 6.33 Å². The van der Waals surface area contributed by atoms with Crippen molar-refractivity contribution in [3.8, 4) is 0 Å². The van der Waals surface area contributed by atoms with Crippen molar-refractivity contribution in [2.45, 2.75) is 57.4 Å². The van der Waals surface area contributed by atoms with E-state index in [0.717, 1.165) is 28.7 Å². The number of anilines is 1. The van der Waals surface area contributed by atoms with E-state index in [2.05, 4.69) is 27.4 Å². The standard InChI is InChI=1S/C17H20N6S/c1-9(14-18-8-19-23-14)20-16-13-11-4-2-3-5-12(11)24-17(13)22-15(21-16)10-6-7-10/h8-10H,2-7H2,1H3,(H,18,19,23)(H,20,21,22). The predicted octanol–water partition coefficient (Wildman–Crippen LogP) is 3.74. The lowest BCUT2D eigenvalue weighted by molar-refractivity contribution is 0.700. The Kier molecular flexibility index (Phi) is 3.29. The molecule has 24 heavy (non-hydrogen) atoms. The van der Waals surface area contributed by atoms with Crippen LogP contribution in [-0.4, -0.2) is 25.1 Å². The fraction of sp³-hybridized carbons (Fsp3) is 0.529. The lowest BCUT2D eigenvalue weighted by Gasteiger charge is -2.16. The van der Waals surface area contributed by atoms with Crippen molar-refractivity contribution in [1.82, 2.24) is 25.1 Å². The number of nitrogens with one attached hydrogen (secondary N) is 2. The van der Waals surface area contributed by atoms with E-state index in [1.165, 1.54) is 47.9 Å². The first-order chi connectivity index (χ1) is 11.8. The minimum atomic E-state index is 0.0387. The smallest absolute Gasteiger partial charge is 0.146 e. The number of rotatable bonds is 4. The Bertz CT molecular complexity index is 880. The number of aryl methyl sites for hydroxylation is 2. The van der Waals surface area contributed by atoms with Gasteiger partial charge in [-0.2, -0.15) is 5.10 Å². The normalized spacial score (nSPS) is 18.5. The number of thiophene rings is 1. The first-order valence-electron chi connectivity index (χ1n) is 8.73. The van der Waals surface area contributed by atoms with Gasteiger partial charge >= 0.3 is 0 Å². The zero-order valence-electron chi connectivity index (χ0n) is 13.7. The molecule has 0 aromatic carbocycles. The van der Waals surface area contributed by atoms with Crippen molar-refractivity contribution >= 4 is 27.4 Å². The summed E-state index contributed by atoms with van der Waals surface area (Å²) in [5, 5.41) is 11.7. The van der Waals surface area contributed by atoms with E-state index >= 15 is 0 Å². The Balaban J connectivity index is 1.62. The summed E-state index contributed by atoms with van der Waals surface area (Å²) in [7, 11) is 0. The summed E-state index contributed by atoms with van der Waals surface area (Å²) in [5.41, 5.74) is 1.47. The van der Waals surface area contributed by atoms with Gasteiger partial charge in [0.15, 0.2) is 0 Å². The maximum Gasteiger partial charge on any atom is 0.146 e. The number of hydrogen-bond donors (Lipinski definition) is 2. The molecule has 2 N–H and O–H groups in total. The molecule has 3 aromatic rings. The molecule has 1 atom stereocenters. The van der Waals surface area contributed by atoms with Crippen LogP contribution in [0.25, 0.3) is 10.2 Å². The molecule has 124 valence electrons. The van der Waals surface area contributed by atoms with Gasteiger partial charge in [0.2, 0.25) is 0 Å². The highest BCUT2D eigenvalue weighted by atomic mass is 32.1. The van der Waals surface area contributed by atoms with Crippen LogP contribution >= 0.6 is 11.3 Å². The van der Waals surface area contributed by atoms with Gasteiger partial charge in [0.1, 0.15) is 28.6 Å². The van der Waals surface area contributed by atoms with Crippen LogP contribution in [0.1, 0.15) is 66.7 Å². The van der Waals surface area contributed by atoms with Crippen LogP contribution in [0.4, 0.5) is 5.82 Å². The zero-order valence-corrected chi connectivity index (χ0v) is 14.5. The first-order valence-corrected chi connectivity index (χ1v) is 9.55. The summed E-state index contributed by atoms with van der Waals surface area (Å²) < 4.78 is 0. The summed E-state index contributed by atoms with van der Waals surface area (Å²) >= 11 is 1.87. The van der Waals surface area contributed by atoms with Crippen molar-refractivity contribution in [3.05, 3.63) is 28.4 Å². The molecule has 0 aliphatic heterocycles. The number of aromatic amines is 1. The Hall–Kier alpha value is -2.02. The summed E-state index contributed by atoms with van der Waals surface area (Å²) in [6.45, 7) is 2.09. The highest BCUT2D eigenvalue weighted by Crippen LogP contribution is 2.43. The molecule has 1 saturated carbocycles. The third kappa shape index (κ3) is 2.38. The van der Waals surface area contributed by atoms with Crippen LogP contribution in [0.3, 0.4) is 0 Å².